The van der Waals surface area contributed by atoms with Gasteiger partial charge in [-0.25, -0.2) is 0 Å². The zero-order valence-corrected chi connectivity index (χ0v) is 14.2. The third-order valence-corrected chi connectivity index (χ3v) is 6.44. The summed E-state index contributed by atoms with van der Waals surface area (Å²) < 4.78 is 22.7. The predicted octanol–water partition coefficient (Wildman–Crippen LogP) is 2.64. The Kier molecular flexibility index (Phi) is 7.52. The number of rotatable bonds is 11. The Balaban J connectivity index is 1.42. The van der Waals surface area contributed by atoms with Gasteiger partial charge >= 0.3 is 9.28 Å². The van der Waals surface area contributed by atoms with Crippen LogP contribution >= 0.6 is 0 Å². The summed E-state index contributed by atoms with van der Waals surface area (Å²) >= 11 is 0. The van der Waals surface area contributed by atoms with Crippen molar-refractivity contribution in [2.24, 2.45) is 5.92 Å². The first-order chi connectivity index (χ1) is 9.83. The zero-order valence-electron chi connectivity index (χ0n) is 13.0. The van der Waals surface area contributed by atoms with E-state index in [1.54, 1.807) is 0 Å². The average molecular weight is 302 g/mol. The second-order valence-electron chi connectivity index (χ2n) is 5.80. The van der Waals surface area contributed by atoms with Gasteiger partial charge in [-0.15, -0.1) is 0 Å². The minimum atomic E-state index is -1.39. The summed E-state index contributed by atoms with van der Waals surface area (Å²) in [5.74, 6) is 0.729. The molecule has 0 spiro atoms. The van der Waals surface area contributed by atoms with E-state index in [1.165, 1.54) is 19.3 Å². The zero-order chi connectivity index (χ0) is 14.2. The summed E-state index contributed by atoms with van der Waals surface area (Å²) in [6.07, 6.45) is 7.20. The van der Waals surface area contributed by atoms with E-state index in [2.05, 4.69) is 0 Å². The number of hydrogen-bond donors (Lipinski definition) is 0. The number of epoxide rings is 1. The standard InChI is InChI=1S/C15H30O4Si/c1-3-17-20(18-4-2)10-6-5-9-16-12-13-7-8-14-15(11-13)19-14/h13-15,20H,3-12H2,1-2H3. The molecule has 1 heterocycles. The van der Waals surface area contributed by atoms with Crippen molar-refractivity contribution in [1.29, 1.82) is 0 Å². The molecular formula is C15H30O4Si. The van der Waals surface area contributed by atoms with Crippen molar-refractivity contribution < 1.29 is 18.3 Å². The fourth-order valence-corrected chi connectivity index (χ4v) is 4.78. The van der Waals surface area contributed by atoms with E-state index in [-0.39, 0.29) is 0 Å². The van der Waals surface area contributed by atoms with Gasteiger partial charge in [0.1, 0.15) is 0 Å². The van der Waals surface area contributed by atoms with Crippen LogP contribution in [0.4, 0.5) is 0 Å². The van der Waals surface area contributed by atoms with Gasteiger partial charge < -0.3 is 18.3 Å². The fraction of sp³-hybridized carbons (Fsp3) is 1.00. The van der Waals surface area contributed by atoms with Crippen molar-refractivity contribution in [1.82, 2.24) is 0 Å². The van der Waals surface area contributed by atoms with Crippen LogP contribution < -0.4 is 0 Å². The van der Waals surface area contributed by atoms with Gasteiger partial charge in [0.05, 0.1) is 12.2 Å². The molecule has 0 aromatic rings. The summed E-state index contributed by atoms with van der Waals surface area (Å²) in [5, 5.41) is 0. The van der Waals surface area contributed by atoms with Gasteiger partial charge in [0.15, 0.2) is 0 Å². The molecule has 118 valence electrons. The van der Waals surface area contributed by atoms with E-state index in [0.717, 1.165) is 51.2 Å². The molecule has 0 N–H and O–H groups in total. The topological polar surface area (TPSA) is 40.2 Å². The molecule has 1 aliphatic carbocycles. The van der Waals surface area contributed by atoms with E-state index in [0.29, 0.717) is 12.2 Å². The average Bonchev–Trinajstić information content (AvgIpc) is 3.21. The van der Waals surface area contributed by atoms with E-state index in [4.69, 9.17) is 18.3 Å². The summed E-state index contributed by atoms with van der Waals surface area (Å²) in [7, 11) is -1.39. The molecule has 20 heavy (non-hydrogen) atoms. The fourth-order valence-electron chi connectivity index (χ4n) is 2.99. The second-order valence-corrected chi connectivity index (χ2v) is 7.91. The van der Waals surface area contributed by atoms with Crippen molar-refractivity contribution in [2.75, 3.05) is 26.4 Å². The lowest BCUT2D eigenvalue weighted by molar-refractivity contribution is 0.0857. The van der Waals surface area contributed by atoms with E-state index in [1.807, 2.05) is 13.8 Å². The van der Waals surface area contributed by atoms with Crippen molar-refractivity contribution >= 4 is 9.28 Å². The molecule has 2 rings (SSSR count). The summed E-state index contributed by atoms with van der Waals surface area (Å²) in [5.41, 5.74) is 0. The van der Waals surface area contributed by atoms with Crippen molar-refractivity contribution in [3.05, 3.63) is 0 Å². The summed E-state index contributed by atoms with van der Waals surface area (Å²) in [4.78, 5) is 0. The molecule has 5 heteroatoms. The lowest BCUT2D eigenvalue weighted by Crippen LogP contribution is -2.23. The van der Waals surface area contributed by atoms with Crippen LogP contribution in [-0.4, -0.2) is 47.9 Å². The van der Waals surface area contributed by atoms with Crippen LogP contribution in [0.3, 0.4) is 0 Å². The third kappa shape index (κ3) is 5.82. The highest BCUT2D eigenvalue weighted by atomic mass is 28.3. The highest BCUT2D eigenvalue weighted by Crippen LogP contribution is 2.39. The predicted molar refractivity (Wildman–Crippen MR) is 81.3 cm³/mol. The maximum absolute atomic E-state index is 5.82. The summed E-state index contributed by atoms with van der Waals surface area (Å²) in [6.45, 7) is 7.44. The van der Waals surface area contributed by atoms with E-state index in [9.17, 15) is 0 Å². The largest absolute Gasteiger partial charge is 0.397 e. The quantitative estimate of drug-likeness (QED) is 0.334. The van der Waals surface area contributed by atoms with Gasteiger partial charge in [0.2, 0.25) is 0 Å². The Hall–Kier alpha value is 0.0569. The smallest absolute Gasteiger partial charge is 0.321 e. The third-order valence-electron chi connectivity index (χ3n) is 4.15. The van der Waals surface area contributed by atoms with Crippen LogP contribution in [0.5, 0.6) is 0 Å². The molecule has 3 atom stereocenters. The van der Waals surface area contributed by atoms with Gasteiger partial charge in [-0.1, -0.05) is 0 Å². The number of unbranched alkanes of at least 4 members (excludes halogenated alkanes) is 1. The van der Waals surface area contributed by atoms with Gasteiger partial charge in [-0.3, -0.25) is 0 Å². The van der Waals surface area contributed by atoms with Crippen LogP contribution in [0.1, 0.15) is 46.0 Å². The molecule has 0 aromatic carbocycles. The van der Waals surface area contributed by atoms with Crippen LogP contribution in [0.15, 0.2) is 0 Å². The molecule has 0 bridgehead atoms. The molecule has 1 saturated carbocycles. The molecule has 1 saturated heterocycles. The van der Waals surface area contributed by atoms with Crippen molar-refractivity contribution in [3.63, 3.8) is 0 Å². The van der Waals surface area contributed by atoms with E-state index >= 15 is 0 Å². The monoisotopic (exact) mass is 302 g/mol. The molecule has 0 amide bonds. The van der Waals surface area contributed by atoms with Crippen LogP contribution in [0.25, 0.3) is 0 Å². The van der Waals surface area contributed by atoms with Crippen molar-refractivity contribution in [3.8, 4) is 0 Å². The van der Waals surface area contributed by atoms with Crippen LogP contribution in [0.2, 0.25) is 6.04 Å². The molecule has 0 aromatic heterocycles. The van der Waals surface area contributed by atoms with Gasteiger partial charge in [-0.05, 0) is 57.9 Å². The normalized spacial score (nSPS) is 28.6. The molecule has 3 unspecified atom stereocenters. The minimum Gasteiger partial charge on any atom is -0.397 e. The van der Waals surface area contributed by atoms with Gasteiger partial charge in [0, 0.05) is 26.4 Å². The van der Waals surface area contributed by atoms with Crippen LogP contribution in [-0.2, 0) is 18.3 Å². The van der Waals surface area contributed by atoms with E-state index < -0.39 is 9.28 Å². The highest BCUT2D eigenvalue weighted by molar-refractivity contribution is 6.44. The van der Waals surface area contributed by atoms with Crippen molar-refractivity contribution in [2.45, 2.75) is 64.2 Å². The Morgan fingerprint density at radius 2 is 1.85 bits per heavy atom. The first kappa shape index (κ1) is 16.4. The lowest BCUT2D eigenvalue weighted by atomic mass is 9.90. The Morgan fingerprint density at radius 3 is 2.55 bits per heavy atom. The minimum absolute atomic E-state index is 0.571. The molecule has 0 radical (unpaired) electrons. The number of ether oxygens (including phenoxy) is 2. The second kappa shape index (κ2) is 9.15. The molecular weight excluding hydrogens is 272 g/mol. The molecule has 1 aliphatic heterocycles. The maximum atomic E-state index is 5.82. The Bertz CT molecular complexity index is 252. The molecule has 2 fully saturated rings. The Morgan fingerprint density at radius 1 is 1.05 bits per heavy atom. The summed E-state index contributed by atoms with van der Waals surface area (Å²) in [6, 6.07) is 1.10. The first-order valence-corrected chi connectivity index (χ1v) is 10.1. The maximum Gasteiger partial charge on any atom is 0.321 e. The molecule has 4 nitrogen and oxygen atoms in total. The number of fused-ring (bicyclic) bond motifs is 1. The molecule has 2 aliphatic rings. The SMILES string of the molecule is CCO[SiH](CCCCOCC1CCC2OC2C1)OCC. The first-order valence-electron chi connectivity index (χ1n) is 8.29. The lowest BCUT2D eigenvalue weighted by Gasteiger charge is -2.19. The van der Waals surface area contributed by atoms with Crippen LogP contribution in [0, 0.1) is 5.92 Å². The number of hydrogen-bond acceptors (Lipinski definition) is 4. The van der Waals surface area contributed by atoms with Gasteiger partial charge in [0.25, 0.3) is 0 Å². The van der Waals surface area contributed by atoms with Gasteiger partial charge in [-0.2, -0.15) is 0 Å². The highest BCUT2D eigenvalue weighted by Gasteiger charge is 2.43. The Labute approximate surface area is 125 Å².